The van der Waals surface area contributed by atoms with E-state index in [1.807, 2.05) is 0 Å². The van der Waals surface area contributed by atoms with Gasteiger partial charge in [0.1, 0.15) is 0 Å². The Kier molecular flexibility index (Phi) is 3.83. The van der Waals surface area contributed by atoms with Crippen LogP contribution in [0.15, 0.2) is 24.3 Å². The van der Waals surface area contributed by atoms with Crippen molar-refractivity contribution < 1.29 is 27.6 Å². The second kappa shape index (κ2) is 5.33. The highest BCUT2D eigenvalue weighted by atomic mass is 19.4. The fourth-order valence-corrected chi connectivity index (χ4v) is 2.02. The Balaban J connectivity index is 2.26. The molecule has 0 bridgehead atoms. The van der Waals surface area contributed by atoms with Crippen molar-refractivity contribution in [2.45, 2.75) is 24.6 Å². The number of ether oxygens (including phenoxy) is 1. The number of hydrogen-bond acceptors (Lipinski definition) is 4. The molecule has 0 aliphatic heterocycles. The highest BCUT2D eigenvalue weighted by Gasteiger charge is 2.65. The number of rotatable bonds is 4. The fraction of sp³-hybridized carbons (Fsp3) is 0.357. The second-order valence-corrected chi connectivity index (χ2v) is 4.85. The van der Waals surface area contributed by atoms with Gasteiger partial charge in [0.15, 0.2) is 0 Å². The number of nitro benzene ring substituents is 1. The molecule has 0 amide bonds. The van der Waals surface area contributed by atoms with Crippen LogP contribution in [0.2, 0.25) is 0 Å². The molecule has 1 atom stereocenters. The number of benzene rings is 1. The van der Waals surface area contributed by atoms with Gasteiger partial charge >= 0.3 is 12.1 Å². The lowest BCUT2D eigenvalue weighted by molar-refractivity contribution is -0.384. The Morgan fingerprint density at radius 1 is 1.32 bits per heavy atom. The van der Waals surface area contributed by atoms with Crippen molar-refractivity contribution in [2.75, 3.05) is 0 Å². The molecule has 8 heteroatoms. The zero-order valence-electron chi connectivity index (χ0n) is 11.1. The van der Waals surface area contributed by atoms with Crippen LogP contribution < -0.4 is 0 Å². The Bertz CT molecular complexity index is 644. The van der Waals surface area contributed by atoms with Crippen LogP contribution in [-0.4, -0.2) is 22.7 Å². The number of hydrogen-bond donors (Lipinski definition) is 0. The first kappa shape index (κ1) is 15.8. The first-order valence-electron chi connectivity index (χ1n) is 6.23. The van der Waals surface area contributed by atoms with Crippen LogP contribution in [0.1, 0.15) is 23.2 Å². The number of halogens is 3. The van der Waals surface area contributed by atoms with Gasteiger partial charge in [0.2, 0.25) is 0 Å². The molecule has 0 saturated heterocycles. The molecule has 116 valence electrons. The molecule has 0 heterocycles. The van der Waals surface area contributed by atoms with Gasteiger partial charge in [-0.15, -0.1) is 6.42 Å². The average Bonchev–Trinajstić information content (AvgIpc) is 3.28. The standard InChI is InChI=1S/C14H10F3NO4/c1-2-13(10-5-6-10,14(15,16)17)22-12(19)9-3-7-11(8-4-9)18(20)21/h1,3-4,7-8,10H,5-6H2. The van der Waals surface area contributed by atoms with Crippen LogP contribution in [0, 0.1) is 28.4 Å². The van der Waals surface area contributed by atoms with Gasteiger partial charge in [0.25, 0.3) is 11.3 Å². The monoisotopic (exact) mass is 313 g/mol. The average molecular weight is 313 g/mol. The molecule has 1 aromatic carbocycles. The maximum atomic E-state index is 13.2. The summed E-state index contributed by atoms with van der Waals surface area (Å²) in [6.07, 6.45) is 0.538. The maximum absolute atomic E-state index is 13.2. The minimum Gasteiger partial charge on any atom is -0.432 e. The molecule has 22 heavy (non-hydrogen) atoms. The predicted octanol–water partition coefficient (Wildman–Crippen LogP) is 3.10. The third-order valence-corrected chi connectivity index (χ3v) is 3.36. The van der Waals surface area contributed by atoms with Gasteiger partial charge in [-0.3, -0.25) is 10.1 Å². The molecule has 0 N–H and O–H groups in total. The summed E-state index contributed by atoms with van der Waals surface area (Å²) < 4.78 is 44.2. The predicted molar refractivity (Wildman–Crippen MR) is 68.9 cm³/mol. The van der Waals surface area contributed by atoms with E-state index in [-0.39, 0.29) is 24.1 Å². The van der Waals surface area contributed by atoms with Crippen molar-refractivity contribution in [3.8, 4) is 12.3 Å². The minimum atomic E-state index is -4.89. The van der Waals surface area contributed by atoms with E-state index in [4.69, 9.17) is 6.42 Å². The van der Waals surface area contributed by atoms with E-state index in [2.05, 4.69) is 4.74 Å². The van der Waals surface area contributed by atoms with E-state index in [9.17, 15) is 28.1 Å². The van der Waals surface area contributed by atoms with E-state index in [1.54, 1.807) is 5.92 Å². The summed E-state index contributed by atoms with van der Waals surface area (Å²) in [5.41, 5.74) is -3.49. The number of non-ortho nitro benzene ring substituents is 1. The van der Waals surface area contributed by atoms with Gasteiger partial charge in [-0.2, -0.15) is 13.2 Å². The zero-order valence-corrected chi connectivity index (χ0v) is 11.1. The van der Waals surface area contributed by atoms with Crippen LogP contribution in [-0.2, 0) is 4.74 Å². The number of nitrogens with zero attached hydrogens (tertiary/aromatic N) is 1. The second-order valence-electron chi connectivity index (χ2n) is 4.85. The topological polar surface area (TPSA) is 69.4 Å². The normalized spacial score (nSPS) is 17.2. The number of carbonyl (C=O) groups is 1. The van der Waals surface area contributed by atoms with Gasteiger partial charge in [-0.1, -0.05) is 0 Å². The largest absolute Gasteiger partial charge is 0.440 e. The molecule has 5 nitrogen and oxygen atoms in total. The quantitative estimate of drug-likeness (QED) is 0.371. The number of alkyl halides is 3. The smallest absolute Gasteiger partial charge is 0.432 e. The van der Waals surface area contributed by atoms with E-state index < -0.39 is 28.6 Å². The molecular weight excluding hydrogens is 303 g/mol. The number of nitro groups is 1. The number of carbonyl (C=O) groups excluding carboxylic acids is 1. The van der Waals surface area contributed by atoms with E-state index in [0.717, 1.165) is 24.3 Å². The molecule has 1 aromatic rings. The summed E-state index contributed by atoms with van der Waals surface area (Å²) in [4.78, 5) is 21.7. The van der Waals surface area contributed by atoms with Gasteiger partial charge in [-0.05, 0) is 30.9 Å². The van der Waals surface area contributed by atoms with Crippen molar-refractivity contribution in [2.24, 2.45) is 5.92 Å². The summed E-state index contributed by atoms with van der Waals surface area (Å²) >= 11 is 0. The molecular formula is C14H10F3NO4. The third-order valence-electron chi connectivity index (χ3n) is 3.36. The molecule has 0 aromatic heterocycles. The summed E-state index contributed by atoms with van der Waals surface area (Å²) in [5.74, 6) is -0.654. The molecule has 1 aliphatic carbocycles. The summed E-state index contributed by atoms with van der Waals surface area (Å²) in [7, 11) is 0. The molecule has 1 fully saturated rings. The van der Waals surface area contributed by atoms with Gasteiger partial charge < -0.3 is 4.74 Å². The first-order chi connectivity index (χ1) is 10.2. The maximum Gasteiger partial charge on any atom is 0.440 e. The summed E-state index contributed by atoms with van der Waals surface area (Å²) in [6, 6.07) is 4.04. The van der Waals surface area contributed by atoms with Crippen molar-refractivity contribution in [3.05, 3.63) is 39.9 Å². The number of esters is 1. The van der Waals surface area contributed by atoms with Gasteiger partial charge in [-0.25, -0.2) is 4.79 Å². The fourth-order valence-electron chi connectivity index (χ4n) is 2.02. The summed E-state index contributed by atoms with van der Waals surface area (Å²) in [5, 5.41) is 10.5. The lowest BCUT2D eigenvalue weighted by Gasteiger charge is -2.30. The van der Waals surface area contributed by atoms with Crippen LogP contribution in [0.5, 0.6) is 0 Å². The zero-order chi connectivity index (χ0) is 16.5. The van der Waals surface area contributed by atoms with E-state index >= 15 is 0 Å². The van der Waals surface area contributed by atoms with Crippen LogP contribution in [0.25, 0.3) is 0 Å². The van der Waals surface area contributed by atoms with Crippen molar-refractivity contribution >= 4 is 11.7 Å². The van der Waals surface area contributed by atoms with Gasteiger partial charge in [0.05, 0.1) is 10.5 Å². The molecule has 1 aliphatic rings. The molecule has 0 spiro atoms. The van der Waals surface area contributed by atoms with E-state index in [1.165, 1.54) is 0 Å². The van der Waals surface area contributed by atoms with Crippen LogP contribution in [0.3, 0.4) is 0 Å². The van der Waals surface area contributed by atoms with Crippen molar-refractivity contribution in [1.29, 1.82) is 0 Å². The lowest BCUT2D eigenvalue weighted by atomic mass is 9.97. The van der Waals surface area contributed by atoms with Crippen LogP contribution in [0.4, 0.5) is 18.9 Å². The Morgan fingerprint density at radius 3 is 2.23 bits per heavy atom. The third kappa shape index (κ3) is 2.74. The first-order valence-corrected chi connectivity index (χ1v) is 6.23. The van der Waals surface area contributed by atoms with Crippen molar-refractivity contribution in [3.63, 3.8) is 0 Å². The molecule has 1 saturated carbocycles. The van der Waals surface area contributed by atoms with Crippen molar-refractivity contribution in [1.82, 2.24) is 0 Å². The van der Waals surface area contributed by atoms with Crippen LogP contribution >= 0.6 is 0 Å². The summed E-state index contributed by atoms with van der Waals surface area (Å²) in [6.45, 7) is 0. The molecule has 0 radical (unpaired) electrons. The highest BCUT2D eigenvalue weighted by molar-refractivity contribution is 5.90. The lowest BCUT2D eigenvalue weighted by Crippen LogP contribution is -2.49. The van der Waals surface area contributed by atoms with E-state index in [0.29, 0.717) is 0 Å². The van der Waals surface area contributed by atoms with Gasteiger partial charge in [0, 0.05) is 18.1 Å². The SMILES string of the molecule is C#CC(OC(=O)c1ccc([N+](=O)[O-])cc1)(C1CC1)C(F)(F)F. The minimum absolute atomic E-state index is 0.219. The Morgan fingerprint density at radius 2 is 1.86 bits per heavy atom. The Hall–Kier alpha value is -2.56. The highest BCUT2D eigenvalue weighted by Crippen LogP contribution is 2.50. The Labute approximate surface area is 123 Å². The molecule has 1 unspecified atom stereocenters. The number of terminal acetylenes is 1. The molecule has 2 rings (SSSR count).